The molecule has 6 heterocycles. The van der Waals surface area contributed by atoms with E-state index in [-0.39, 0.29) is 0 Å². The minimum absolute atomic E-state index is 0.749. The molecule has 30 atom stereocenters. The number of nitrogens with one attached hydrogen (secondary N) is 3. The van der Waals surface area contributed by atoms with Crippen molar-refractivity contribution >= 4 is 69.7 Å². The lowest BCUT2D eigenvalue weighted by molar-refractivity contribution is -0.384. The Morgan fingerprint density at radius 2 is 0.562 bits per heavy atom. The quantitative estimate of drug-likeness (QED) is 0.0309. The minimum Gasteiger partial charge on any atom is -0.394 e. The van der Waals surface area contributed by atoms with Gasteiger partial charge >= 0.3 is 52.0 Å². The van der Waals surface area contributed by atoms with Crippen molar-refractivity contribution in [1.29, 1.82) is 0 Å². The molecule has 1 unspecified atom stereocenters. The summed E-state index contributed by atoms with van der Waals surface area (Å²) in [4.78, 5) is 37.9. The lowest BCUT2D eigenvalue weighted by atomic mass is 9.93. The third-order valence-corrected chi connectivity index (χ3v) is 16.8. The third kappa shape index (κ3) is 22.4. The summed E-state index contributed by atoms with van der Waals surface area (Å²) in [6, 6.07) is -6.40. The van der Waals surface area contributed by atoms with Crippen molar-refractivity contribution in [2.45, 2.75) is 205 Å². The van der Waals surface area contributed by atoms with Crippen LogP contribution in [-0.4, -0.2) is 368 Å². The molecule has 6 rings (SSSR count). The van der Waals surface area contributed by atoms with Gasteiger partial charge in [0.2, 0.25) is 17.7 Å². The smallest absolute Gasteiger partial charge is 0.394 e. The zero-order valence-corrected chi connectivity index (χ0v) is 53.1. The molecule has 0 saturated carbocycles. The molecule has 6 aliphatic rings. The van der Waals surface area contributed by atoms with Crippen LogP contribution in [0.3, 0.4) is 0 Å². The summed E-state index contributed by atoms with van der Waals surface area (Å²) < 4.78 is 249. The molecular weight excluding hydrogens is 1440 g/mol. The van der Waals surface area contributed by atoms with Gasteiger partial charge in [0.1, 0.15) is 146 Å². The van der Waals surface area contributed by atoms with Crippen LogP contribution in [0.25, 0.3) is 0 Å². The Kier molecular flexibility index (Phi) is 28.4. The Morgan fingerprint density at radius 3 is 0.865 bits per heavy atom. The molecule has 6 saturated heterocycles. The van der Waals surface area contributed by atoms with E-state index in [1.165, 1.54) is 0 Å². The van der Waals surface area contributed by atoms with Crippen LogP contribution in [0, 0.1) is 0 Å². The fraction of sp³-hybridized carbons (Fsp3) is 0.929. The summed E-state index contributed by atoms with van der Waals surface area (Å²) in [5, 5.41) is 141. The van der Waals surface area contributed by atoms with E-state index in [4.69, 9.17) is 56.7 Å². The molecule has 0 aliphatic carbocycles. The standard InChI is InChI=1S/C42H71N3O46S5/c1-10(47)43-19-26(54)22(50)14(5-76-92(61,62)63)82-38(19)90-35-24(52)15(6-77-93(64,65)66)83-41(30(35)58)88-33-18(9-80-96(73,74)75)86-40(21(28(33)56)45-12(3)49)91-36-25(53)16(7-78-94(67,68)69)84-42(31(36)59)87-32-17(8-79-95(70,71)72)85-39(20(27(32)55)44-11(2)48)89-34-23(51)13(4-46)81-37(60)29(34)57/h13-42,46,50-60H,4-9H2,1-3H3,(H,43,47)(H,44,48)(H,45,49)(H,61,62,63)(H,64,65,66)(H,67,68,69)(H,70,71,72)(H,73,74,75)/t13-,14-,15-,16-,17-,18-,19-,20-,21-,22-,23+,24+,25+,26-,27-,28-,29-,30-,31-,32-,33-,34+,35-,36+,37?,38+,39+,40+,41+,42+/m1/s1. The lowest BCUT2D eigenvalue weighted by Gasteiger charge is -2.51. The van der Waals surface area contributed by atoms with Gasteiger partial charge in [0.15, 0.2) is 37.7 Å². The van der Waals surface area contributed by atoms with E-state index in [1.54, 1.807) is 0 Å². The van der Waals surface area contributed by atoms with Crippen molar-refractivity contribution in [2.75, 3.05) is 39.6 Å². The highest BCUT2D eigenvalue weighted by Gasteiger charge is 2.59. The van der Waals surface area contributed by atoms with Crippen molar-refractivity contribution in [2.24, 2.45) is 0 Å². The van der Waals surface area contributed by atoms with Crippen LogP contribution in [-0.2, 0) is 139 Å². The topological polar surface area (TPSA) is 750 Å². The van der Waals surface area contributed by atoms with E-state index in [9.17, 15) is 136 Å². The van der Waals surface area contributed by atoms with Gasteiger partial charge < -0.3 is 129 Å². The Morgan fingerprint density at radius 1 is 0.312 bits per heavy atom. The predicted octanol–water partition coefficient (Wildman–Crippen LogP) is -14.5. The number of hydrogen-bond acceptors (Lipinski definition) is 41. The Balaban J connectivity index is 1.38. The molecule has 0 spiro atoms. The van der Waals surface area contributed by atoms with Crippen molar-refractivity contribution in [3.05, 3.63) is 0 Å². The number of rotatable bonds is 29. The zero-order valence-electron chi connectivity index (χ0n) is 49.0. The molecule has 6 fully saturated rings. The van der Waals surface area contributed by atoms with Gasteiger partial charge in [-0.15, -0.1) is 0 Å². The van der Waals surface area contributed by atoms with Crippen molar-refractivity contribution < 1.29 is 214 Å². The van der Waals surface area contributed by atoms with Gasteiger partial charge in [0.25, 0.3) is 0 Å². The van der Waals surface area contributed by atoms with E-state index >= 15 is 0 Å². The Labute approximate surface area is 541 Å². The second-order valence-electron chi connectivity index (χ2n) is 21.6. The van der Waals surface area contributed by atoms with Gasteiger partial charge in [-0.05, 0) is 0 Å². The summed E-state index contributed by atoms with van der Waals surface area (Å²) in [6.07, 6.45) is -64.1. The molecule has 6 aliphatic heterocycles. The van der Waals surface area contributed by atoms with Crippen LogP contribution < -0.4 is 16.0 Å². The fourth-order valence-electron chi connectivity index (χ4n) is 10.4. The van der Waals surface area contributed by atoms with E-state index in [0.29, 0.717) is 0 Å². The van der Waals surface area contributed by atoms with E-state index in [1.807, 2.05) is 0 Å². The van der Waals surface area contributed by atoms with Gasteiger partial charge in [-0.2, -0.15) is 42.1 Å². The zero-order chi connectivity index (χ0) is 72.2. The summed E-state index contributed by atoms with van der Waals surface area (Å²) in [6.45, 7) is -6.07. The molecule has 20 N–H and O–H groups in total. The van der Waals surface area contributed by atoms with Gasteiger partial charge in [-0.25, -0.2) is 20.9 Å². The second-order valence-corrected chi connectivity index (χ2v) is 27.1. The minimum atomic E-state index is -5.66. The molecular formula is C42H71N3O46S5. The molecule has 0 aromatic carbocycles. The van der Waals surface area contributed by atoms with E-state index in [2.05, 4.69) is 36.9 Å². The van der Waals surface area contributed by atoms with Crippen LogP contribution in [0.2, 0.25) is 0 Å². The van der Waals surface area contributed by atoms with Crippen LogP contribution in [0.5, 0.6) is 0 Å². The molecule has 0 radical (unpaired) electrons. The molecule has 560 valence electrons. The highest BCUT2D eigenvalue weighted by molar-refractivity contribution is 7.81. The molecule has 0 bridgehead atoms. The molecule has 0 aromatic rings. The molecule has 96 heavy (non-hydrogen) atoms. The van der Waals surface area contributed by atoms with E-state index in [0.717, 1.165) is 20.8 Å². The third-order valence-electron chi connectivity index (χ3n) is 14.6. The normalized spacial score (nSPS) is 41.5. The van der Waals surface area contributed by atoms with Crippen LogP contribution in [0.1, 0.15) is 20.8 Å². The number of amides is 3. The summed E-state index contributed by atoms with van der Waals surface area (Å²) >= 11 is 0. The number of carbonyl (C=O) groups is 3. The maximum atomic E-state index is 13.0. The van der Waals surface area contributed by atoms with Gasteiger partial charge in [-0.1, -0.05) is 0 Å². The molecule has 49 nitrogen and oxygen atoms in total. The number of ether oxygens (including phenoxy) is 11. The number of carbonyl (C=O) groups excluding carboxylic acids is 3. The molecule has 3 amide bonds. The maximum absolute atomic E-state index is 13.0. The largest absolute Gasteiger partial charge is 0.397 e. The highest BCUT2D eigenvalue weighted by Crippen LogP contribution is 2.38. The van der Waals surface area contributed by atoms with Gasteiger partial charge in [-0.3, -0.25) is 37.1 Å². The van der Waals surface area contributed by atoms with Crippen LogP contribution >= 0.6 is 0 Å². The molecule has 54 heteroatoms. The summed E-state index contributed by atoms with van der Waals surface area (Å²) in [5.41, 5.74) is 0. The average Bonchev–Trinajstić information content (AvgIpc) is 0.775. The Bertz CT molecular complexity index is 3200. The van der Waals surface area contributed by atoms with Crippen molar-refractivity contribution in [3.63, 3.8) is 0 Å². The van der Waals surface area contributed by atoms with Crippen LogP contribution in [0.15, 0.2) is 0 Å². The number of aliphatic hydroxyl groups is 12. The van der Waals surface area contributed by atoms with Gasteiger partial charge in [0, 0.05) is 20.8 Å². The van der Waals surface area contributed by atoms with Gasteiger partial charge in [0.05, 0.1) is 39.6 Å². The molecule has 0 aromatic heterocycles. The first-order valence-corrected chi connectivity index (χ1v) is 34.2. The van der Waals surface area contributed by atoms with Crippen molar-refractivity contribution in [1.82, 2.24) is 16.0 Å². The number of hydrogen-bond donors (Lipinski definition) is 20. The highest BCUT2D eigenvalue weighted by atomic mass is 32.3. The number of aliphatic hydroxyl groups excluding tert-OH is 12. The van der Waals surface area contributed by atoms with E-state index < -0.39 is 293 Å². The average molecular weight is 1510 g/mol. The summed E-state index contributed by atoms with van der Waals surface area (Å²) in [7, 11) is -27.6. The SMILES string of the molecule is CC(=O)N[C@H]1[C@H](O[C@H]2[C@@H](O)[C@@H](COS(=O)(=O)O)O[C@@H](O[C@H]3[C@H](O)[C@@H](NC(C)=O)[C@H](O[C@H]4[C@@H](O)[C@@H](CO)OC(O)[C@@H]4O)O[C@@H]3COS(=O)(=O)O)[C@@H]2O)O[C@H](COS(=O)(=O)O)[C@@H](O[C@@H]2O[C@H](COS(=O)(=O)O)[C@H](O)[C@@H](O[C@@H]3O[C@H](COS(=O)(=O)O)[C@@H](O)[C@H](O)[C@H]3NC(C)=O)[C@H]2O)[C@@H]1O. The first-order chi connectivity index (χ1) is 44.2. The monoisotopic (exact) mass is 1510 g/mol. The van der Waals surface area contributed by atoms with Crippen molar-refractivity contribution in [3.8, 4) is 0 Å². The Hall–Kier alpha value is -3.16. The van der Waals surface area contributed by atoms with Crippen LogP contribution in [0.4, 0.5) is 0 Å². The maximum Gasteiger partial charge on any atom is 0.397 e. The lowest BCUT2D eigenvalue weighted by Crippen LogP contribution is -2.71. The first-order valence-electron chi connectivity index (χ1n) is 27.4. The first kappa shape index (κ1) is 81.8. The summed E-state index contributed by atoms with van der Waals surface area (Å²) in [5.74, 6) is -3.26. The fourth-order valence-corrected chi connectivity index (χ4v) is 12.0. The predicted molar refractivity (Wildman–Crippen MR) is 286 cm³/mol. The second kappa shape index (κ2) is 33.3.